The van der Waals surface area contributed by atoms with Crippen molar-refractivity contribution in [3.05, 3.63) is 65.9 Å². The van der Waals surface area contributed by atoms with Gasteiger partial charge in [-0.3, -0.25) is 4.79 Å². The van der Waals surface area contributed by atoms with E-state index in [-0.39, 0.29) is 5.91 Å². The molecule has 2 heterocycles. The maximum Gasteiger partial charge on any atom is 0.251 e. The van der Waals surface area contributed by atoms with E-state index in [0.717, 1.165) is 36.5 Å². The van der Waals surface area contributed by atoms with Gasteiger partial charge in [-0.25, -0.2) is 9.97 Å². The van der Waals surface area contributed by atoms with Crippen LogP contribution in [0.3, 0.4) is 0 Å². The van der Waals surface area contributed by atoms with Gasteiger partial charge in [-0.15, -0.1) is 0 Å². The summed E-state index contributed by atoms with van der Waals surface area (Å²) in [7, 11) is 3.23. The third-order valence-corrected chi connectivity index (χ3v) is 5.89. The summed E-state index contributed by atoms with van der Waals surface area (Å²) in [5.41, 5.74) is 3.25. The number of ether oxygens (including phenoxy) is 2. The molecule has 0 aliphatic carbocycles. The first-order valence-corrected chi connectivity index (χ1v) is 11.5. The van der Waals surface area contributed by atoms with Crippen molar-refractivity contribution in [3.8, 4) is 22.8 Å². The van der Waals surface area contributed by atoms with Crippen LogP contribution in [0.1, 0.15) is 28.8 Å². The highest BCUT2D eigenvalue weighted by atomic mass is 16.5. The van der Waals surface area contributed by atoms with Crippen LogP contribution in [-0.4, -0.2) is 61.2 Å². The number of methoxy groups -OCH3 is 2. The Balaban J connectivity index is 1.38. The fraction of sp³-hybridized carbons (Fsp3) is 0.346. The number of hydrogen-bond acceptors (Lipinski definition) is 7. The molecule has 1 saturated heterocycles. The van der Waals surface area contributed by atoms with Crippen molar-refractivity contribution >= 4 is 11.9 Å². The lowest BCUT2D eigenvalue weighted by atomic mass is 10.1. The van der Waals surface area contributed by atoms with E-state index in [1.165, 1.54) is 12.8 Å². The predicted molar refractivity (Wildman–Crippen MR) is 132 cm³/mol. The van der Waals surface area contributed by atoms with E-state index in [9.17, 15) is 4.79 Å². The van der Waals surface area contributed by atoms with E-state index >= 15 is 0 Å². The highest BCUT2D eigenvalue weighted by Gasteiger charge is 2.13. The van der Waals surface area contributed by atoms with E-state index in [2.05, 4.69) is 25.5 Å². The zero-order valence-corrected chi connectivity index (χ0v) is 19.7. The monoisotopic (exact) mass is 461 g/mol. The molecule has 0 atom stereocenters. The largest absolute Gasteiger partial charge is 0.493 e. The van der Waals surface area contributed by atoms with Gasteiger partial charge in [0, 0.05) is 37.0 Å². The van der Waals surface area contributed by atoms with Gasteiger partial charge in [0.25, 0.3) is 5.91 Å². The summed E-state index contributed by atoms with van der Waals surface area (Å²) in [5.74, 6) is 1.80. The molecule has 1 amide bonds. The number of hydrogen-bond donors (Lipinski definition) is 2. The number of carbonyl (C=O) groups excluding carboxylic acids is 1. The van der Waals surface area contributed by atoms with E-state index in [1.807, 2.05) is 48.5 Å². The second kappa shape index (κ2) is 11.5. The van der Waals surface area contributed by atoms with Gasteiger partial charge in [-0.2, -0.15) is 0 Å². The smallest absolute Gasteiger partial charge is 0.251 e. The van der Waals surface area contributed by atoms with Crippen molar-refractivity contribution in [3.63, 3.8) is 0 Å². The number of rotatable bonds is 10. The minimum absolute atomic E-state index is 0.0677. The lowest BCUT2D eigenvalue weighted by molar-refractivity contribution is 0.0950. The highest BCUT2D eigenvalue weighted by molar-refractivity contribution is 5.95. The number of amides is 1. The van der Waals surface area contributed by atoms with Gasteiger partial charge >= 0.3 is 0 Å². The molecule has 2 aromatic carbocycles. The third-order valence-electron chi connectivity index (χ3n) is 5.89. The molecule has 0 bridgehead atoms. The van der Waals surface area contributed by atoms with Gasteiger partial charge in [-0.1, -0.05) is 18.2 Å². The van der Waals surface area contributed by atoms with Crippen molar-refractivity contribution in [1.29, 1.82) is 0 Å². The minimum atomic E-state index is -0.0677. The predicted octanol–water partition coefficient (Wildman–Crippen LogP) is 3.60. The zero-order chi connectivity index (χ0) is 23.8. The molecular formula is C26H31N5O3. The quantitative estimate of drug-likeness (QED) is 0.477. The van der Waals surface area contributed by atoms with E-state index in [0.29, 0.717) is 36.1 Å². The van der Waals surface area contributed by atoms with Crippen LogP contribution in [0.5, 0.6) is 11.5 Å². The average molecular weight is 462 g/mol. The Morgan fingerprint density at radius 1 is 1.03 bits per heavy atom. The molecule has 2 N–H and O–H groups in total. The van der Waals surface area contributed by atoms with Crippen LogP contribution < -0.4 is 20.1 Å². The molecule has 178 valence electrons. The Kier molecular flexibility index (Phi) is 7.93. The van der Waals surface area contributed by atoms with Crippen LogP contribution in [0.15, 0.2) is 54.7 Å². The summed E-state index contributed by atoms with van der Waals surface area (Å²) in [6, 6.07) is 15.1. The standard InChI is InChI=1S/C26H31N5O3/c1-33-23-9-8-19(16-24(23)34-2)18-29-26-28-11-10-22(30-26)20-6-5-7-21(17-20)25(32)27-12-15-31-13-3-4-14-31/h5-11,16-17H,3-4,12-15,18H2,1-2H3,(H,27,32)(H,28,29,30). The summed E-state index contributed by atoms with van der Waals surface area (Å²) < 4.78 is 10.7. The number of benzene rings is 2. The fourth-order valence-corrected chi connectivity index (χ4v) is 4.03. The maximum atomic E-state index is 12.6. The molecule has 0 radical (unpaired) electrons. The van der Waals surface area contributed by atoms with E-state index < -0.39 is 0 Å². The van der Waals surface area contributed by atoms with Crippen molar-refractivity contribution in [1.82, 2.24) is 20.2 Å². The molecule has 3 aromatic rings. The summed E-state index contributed by atoms with van der Waals surface area (Å²) in [4.78, 5) is 24.0. The minimum Gasteiger partial charge on any atom is -0.493 e. The van der Waals surface area contributed by atoms with Crippen molar-refractivity contribution in [2.45, 2.75) is 19.4 Å². The Morgan fingerprint density at radius 2 is 1.85 bits per heavy atom. The summed E-state index contributed by atoms with van der Waals surface area (Å²) in [6.07, 6.45) is 4.21. The van der Waals surface area contributed by atoms with Crippen molar-refractivity contribution in [2.75, 3.05) is 45.7 Å². The fourth-order valence-electron chi connectivity index (χ4n) is 4.03. The van der Waals surface area contributed by atoms with E-state index in [1.54, 1.807) is 20.4 Å². The highest BCUT2D eigenvalue weighted by Crippen LogP contribution is 2.28. The number of anilines is 1. The van der Waals surface area contributed by atoms with Gasteiger partial charge in [0.2, 0.25) is 5.95 Å². The second-order valence-corrected chi connectivity index (χ2v) is 8.19. The molecular weight excluding hydrogens is 430 g/mol. The molecule has 0 spiro atoms. The van der Waals surface area contributed by atoms with Crippen LogP contribution in [0.4, 0.5) is 5.95 Å². The van der Waals surface area contributed by atoms with Gasteiger partial charge in [0.15, 0.2) is 11.5 Å². The average Bonchev–Trinajstić information content (AvgIpc) is 3.41. The van der Waals surface area contributed by atoms with Crippen molar-refractivity contribution in [2.24, 2.45) is 0 Å². The summed E-state index contributed by atoms with van der Waals surface area (Å²) >= 11 is 0. The molecule has 8 heteroatoms. The maximum absolute atomic E-state index is 12.6. The molecule has 4 rings (SSSR count). The molecule has 8 nitrogen and oxygen atoms in total. The summed E-state index contributed by atoms with van der Waals surface area (Å²) in [6.45, 7) is 4.33. The van der Waals surface area contributed by atoms with Crippen molar-refractivity contribution < 1.29 is 14.3 Å². The van der Waals surface area contributed by atoms with Crippen LogP contribution in [0.2, 0.25) is 0 Å². The second-order valence-electron chi connectivity index (χ2n) is 8.19. The number of carbonyl (C=O) groups is 1. The van der Waals surface area contributed by atoms with Gasteiger partial charge in [0.1, 0.15) is 0 Å². The first kappa shape index (κ1) is 23.5. The van der Waals surface area contributed by atoms with Crippen LogP contribution >= 0.6 is 0 Å². The number of aromatic nitrogens is 2. The normalized spacial score (nSPS) is 13.5. The Labute approximate surface area is 200 Å². The zero-order valence-electron chi connectivity index (χ0n) is 19.7. The molecule has 1 aliphatic rings. The molecule has 1 aliphatic heterocycles. The van der Waals surface area contributed by atoms with Crippen LogP contribution in [-0.2, 0) is 6.54 Å². The Morgan fingerprint density at radius 3 is 2.65 bits per heavy atom. The molecule has 1 aromatic heterocycles. The summed E-state index contributed by atoms with van der Waals surface area (Å²) in [5, 5.41) is 6.28. The van der Waals surface area contributed by atoms with Gasteiger partial charge in [-0.05, 0) is 61.8 Å². The SMILES string of the molecule is COc1ccc(CNc2nccc(-c3cccc(C(=O)NCCN4CCCC4)c3)n2)cc1OC. The van der Waals surface area contributed by atoms with Gasteiger partial charge in [0.05, 0.1) is 19.9 Å². The lowest BCUT2D eigenvalue weighted by Crippen LogP contribution is -2.33. The molecule has 1 fully saturated rings. The van der Waals surface area contributed by atoms with Crippen LogP contribution in [0, 0.1) is 0 Å². The topological polar surface area (TPSA) is 88.6 Å². The number of likely N-dealkylation sites (tertiary alicyclic amines) is 1. The Bertz CT molecular complexity index is 1120. The number of nitrogens with zero attached hydrogens (tertiary/aromatic N) is 3. The first-order valence-electron chi connectivity index (χ1n) is 11.5. The molecule has 0 saturated carbocycles. The third kappa shape index (κ3) is 6.02. The molecule has 34 heavy (non-hydrogen) atoms. The first-order chi connectivity index (χ1) is 16.7. The Hall–Kier alpha value is -3.65. The van der Waals surface area contributed by atoms with Gasteiger partial charge < -0.3 is 25.0 Å². The van der Waals surface area contributed by atoms with E-state index in [4.69, 9.17) is 9.47 Å². The van der Waals surface area contributed by atoms with Crippen LogP contribution in [0.25, 0.3) is 11.3 Å². The number of nitrogens with one attached hydrogen (secondary N) is 2. The lowest BCUT2D eigenvalue weighted by Gasteiger charge is -2.14. The molecule has 0 unspecified atom stereocenters.